The number of halogens is 1. The fraction of sp³-hybridized carbons (Fsp3) is 0.647. The maximum Gasteiger partial charge on any atom is 0.130 e. The van der Waals surface area contributed by atoms with Crippen LogP contribution in [0.2, 0.25) is 0 Å². The first-order valence-corrected chi connectivity index (χ1v) is 7.42. The van der Waals surface area contributed by atoms with E-state index in [4.69, 9.17) is 10.5 Å². The molecular formula is C17H26FNO. The third-order valence-corrected chi connectivity index (χ3v) is 4.74. The highest BCUT2D eigenvalue weighted by Gasteiger charge is 2.36. The van der Waals surface area contributed by atoms with Gasteiger partial charge in [0.2, 0.25) is 0 Å². The molecule has 3 unspecified atom stereocenters. The minimum absolute atomic E-state index is 0.0523. The second-order valence-electron chi connectivity index (χ2n) is 7.03. The number of ether oxygens (including phenoxy) is 1. The molecular weight excluding hydrogens is 253 g/mol. The molecule has 2 rings (SSSR count). The zero-order valence-electron chi connectivity index (χ0n) is 12.9. The number of benzene rings is 1. The molecule has 3 heteroatoms. The second-order valence-corrected chi connectivity index (χ2v) is 7.03. The van der Waals surface area contributed by atoms with Crippen molar-refractivity contribution in [2.75, 3.05) is 7.11 Å². The fourth-order valence-corrected chi connectivity index (χ4v) is 3.27. The van der Waals surface area contributed by atoms with Crippen LogP contribution in [0.5, 0.6) is 5.75 Å². The molecule has 112 valence electrons. The van der Waals surface area contributed by atoms with E-state index in [-0.39, 0.29) is 23.2 Å². The van der Waals surface area contributed by atoms with Crippen molar-refractivity contribution >= 4 is 0 Å². The predicted molar refractivity (Wildman–Crippen MR) is 80.5 cm³/mol. The molecule has 0 saturated heterocycles. The van der Waals surface area contributed by atoms with Gasteiger partial charge in [0.05, 0.1) is 7.11 Å². The Hall–Kier alpha value is -1.09. The Balaban J connectivity index is 2.25. The summed E-state index contributed by atoms with van der Waals surface area (Å²) in [6.07, 6.45) is 3.07. The van der Waals surface area contributed by atoms with Gasteiger partial charge in [0.1, 0.15) is 11.6 Å². The van der Waals surface area contributed by atoms with E-state index < -0.39 is 0 Å². The third-order valence-electron chi connectivity index (χ3n) is 4.74. The van der Waals surface area contributed by atoms with Crippen molar-refractivity contribution in [2.24, 2.45) is 17.1 Å². The Morgan fingerprint density at radius 1 is 1.25 bits per heavy atom. The van der Waals surface area contributed by atoms with Crippen molar-refractivity contribution in [3.63, 3.8) is 0 Å². The summed E-state index contributed by atoms with van der Waals surface area (Å²) < 4.78 is 19.4. The van der Waals surface area contributed by atoms with Crippen LogP contribution >= 0.6 is 0 Å². The Labute approximate surface area is 121 Å². The standard InChI is InChI=1S/C17H26FNO/c1-17(2,3)11-5-8-16(19)14(9-11)13-7-6-12(20-4)10-15(13)18/h6-7,10-11,14,16H,5,8-9,19H2,1-4H3. The second kappa shape index (κ2) is 5.72. The first kappa shape index (κ1) is 15.3. The van der Waals surface area contributed by atoms with E-state index in [2.05, 4.69) is 20.8 Å². The zero-order chi connectivity index (χ0) is 14.9. The summed E-state index contributed by atoms with van der Waals surface area (Å²) in [6, 6.07) is 5.18. The monoisotopic (exact) mass is 279 g/mol. The van der Waals surface area contributed by atoms with E-state index in [9.17, 15) is 4.39 Å². The SMILES string of the molecule is COc1ccc(C2CC(C(C)(C)C)CCC2N)c(F)c1. The first-order valence-electron chi connectivity index (χ1n) is 7.42. The van der Waals surface area contributed by atoms with E-state index in [0.29, 0.717) is 11.7 Å². The van der Waals surface area contributed by atoms with Crippen molar-refractivity contribution < 1.29 is 9.13 Å². The predicted octanol–water partition coefficient (Wildman–Crippen LogP) is 4.09. The molecule has 1 saturated carbocycles. The highest BCUT2D eigenvalue weighted by Crippen LogP contribution is 2.44. The van der Waals surface area contributed by atoms with Crippen LogP contribution in [0.1, 0.15) is 51.5 Å². The van der Waals surface area contributed by atoms with Crippen LogP contribution < -0.4 is 10.5 Å². The highest BCUT2D eigenvalue weighted by molar-refractivity contribution is 5.32. The van der Waals surface area contributed by atoms with Crippen LogP contribution in [0.3, 0.4) is 0 Å². The fourth-order valence-electron chi connectivity index (χ4n) is 3.27. The molecule has 0 spiro atoms. The van der Waals surface area contributed by atoms with Gasteiger partial charge >= 0.3 is 0 Å². The summed E-state index contributed by atoms with van der Waals surface area (Å²) >= 11 is 0. The van der Waals surface area contributed by atoms with E-state index in [0.717, 1.165) is 24.8 Å². The lowest BCUT2D eigenvalue weighted by molar-refractivity contribution is 0.152. The minimum Gasteiger partial charge on any atom is -0.497 e. The summed E-state index contributed by atoms with van der Waals surface area (Å²) in [5, 5.41) is 0. The molecule has 0 bridgehead atoms. The molecule has 0 aliphatic heterocycles. The summed E-state index contributed by atoms with van der Waals surface area (Å²) in [7, 11) is 1.55. The normalized spacial score (nSPS) is 27.4. The van der Waals surface area contributed by atoms with Gasteiger partial charge in [0.15, 0.2) is 0 Å². The van der Waals surface area contributed by atoms with Crippen LogP contribution in [-0.4, -0.2) is 13.2 Å². The van der Waals surface area contributed by atoms with Crippen LogP contribution in [0.25, 0.3) is 0 Å². The van der Waals surface area contributed by atoms with E-state index in [1.807, 2.05) is 12.1 Å². The quantitative estimate of drug-likeness (QED) is 0.885. The molecule has 0 amide bonds. The molecule has 1 aliphatic carbocycles. The molecule has 1 aromatic rings. The molecule has 1 aromatic carbocycles. The van der Waals surface area contributed by atoms with Gasteiger partial charge in [-0.25, -0.2) is 4.39 Å². The molecule has 0 heterocycles. The number of nitrogens with two attached hydrogens (primary N) is 1. The Bertz CT molecular complexity index is 467. The van der Waals surface area contributed by atoms with Gasteiger partial charge in [-0.3, -0.25) is 0 Å². The van der Waals surface area contributed by atoms with Gasteiger partial charge < -0.3 is 10.5 Å². The molecule has 0 aromatic heterocycles. The van der Waals surface area contributed by atoms with Crippen molar-refractivity contribution in [3.05, 3.63) is 29.6 Å². The Kier molecular flexibility index (Phi) is 4.38. The van der Waals surface area contributed by atoms with E-state index in [1.165, 1.54) is 6.07 Å². The van der Waals surface area contributed by atoms with Gasteiger partial charge in [0, 0.05) is 18.0 Å². The summed E-state index contributed by atoms with van der Waals surface area (Å²) in [5.74, 6) is 1.06. The lowest BCUT2D eigenvalue weighted by Crippen LogP contribution is -2.38. The highest BCUT2D eigenvalue weighted by atomic mass is 19.1. The molecule has 0 radical (unpaired) electrons. The molecule has 20 heavy (non-hydrogen) atoms. The summed E-state index contributed by atoms with van der Waals surface area (Å²) in [6.45, 7) is 6.78. The van der Waals surface area contributed by atoms with Gasteiger partial charge in [-0.05, 0) is 42.2 Å². The summed E-state index contributed by atoms with van der Waals surface area (Å²) in [4.78, 5) is 0. The number of methoxy groups -OCH3 is 1. The van der Waals surface area contributed by atoms with E-state index >= 15 is 0 Å². The van der Waals surface area contributed by atoms with Crippen molar-refractivity contribution in [1.29, 1.82) is 0 Å². The zero-order valence-corrected chi connectivity index (χ0v) is 12.9. The first-order chi connectivity index (χ1) is 9.32. The van der Waals surface area contributed by atoms with Crippen LogP contribution in [-0.2, 0) is 0 Å². The average molecular weight is 279 g/mol. The largest absolute Gasteiger partial charge is 0.497 e. The van der Waals surface area contributed by atoms with Crippen molar-refractivity contribution in [2.45, 2.75) is 52.0 Å². The van der Waals surface area contributed by atoms with Crippen LogP contribution in [0.4, 0.5) is 4.39 Å². The van der Waals surface area contributed by atoms with Gasteiger partial charge in [-0.2, -0.15) is 0 Å². The molecule has 1 aliphatic rings. The van der Waals surface area contributed by atoms with Gasteiger partial charge in [0.25, 0.3) is 0 Å². The van der Waals surface area contributed by atoms with Crippen molar-refractivity contribution in [3.8, 4) is 5.75 Å². The van der Waals surface area contributed by atoms with Gasteiger partial charge in [-0.1, -0.05) is 26.8 Å². The lowest BCUT2D eigenvalue weighted by atomic mass is 9.66. The smallest absolute Gasteiger partial charge is 0.130 e. The Morgan fingerprint density at radius 2 is 1.95 bits per heavy atom. The molecule has 2 N–H and O–H groups in total. The molecule has 3 atom stereocenters. The number of hydrogen-bond acceptors (Lipinski definition) is 2. The van der Waals surface area contributed by atoms with Crippen LogP contribution in [0, 0.1) is 17.2 Å². The lowest BCUT2D eigenvalue weighted by Gasteiger charge is -2.41. The maximum absolute atomic E-state index is 14.3. The number of hydrogen-bond donors (Lipinski definition) is 1. The number of rotatable bonds is 2. The van der Waals surface area contributed by atoms with Crippen LogP contribution in [0.15, 0.2) is 18.2 Å². The summed E-state index contributed by atoms with van der Waals surface area (Å²) in [5.41, 5.74) is 7.25. The maximum atomic E-state index is 14.3. The Morgan fingerprint density at radius 3 is 2.50 bits per heavy atom. The topological polar surface area (TPSA) is 35.2 Å². The van der Waals surface area contributed by atoms with Crippen molar-refractivity contribution in [1.82, 2.24) is 0 Å². The molecule has 2 nitrogen and oxygen atoms in total. The average Bonchev–Trinajstić information content (AvgIpc) is 2.38. The third kappa shape index (κ3) is 3.14. The molecule has 1 fully saturated rings. The van der Waals surface area contributed by atoms with E-state index in [1.54, 1.807) is 7.11 Å². The van der Waals surface area contributed by atoms with Gasteiger partial charge in [-0.15, -0.1) is 0 Å². The minimum atomic E-state index is -0.195.